The van der Waals surface area contributed by atoms with Crippen molar-refractivity contribution in [2.45, 2.75) is 13.3 Å². The molecule has 122 valence electrons. The molecule has 0 fully saturated rings. The van der Waals surface area contributed by atoms with Crippen LogP contribution in [0.1, 0.15) is 32.6 Å². The summed E-state index contributed by atoms with van der Waals surface area (Å²) in [7, 11) is 0. The molecule has 2 heterocycles. The lowest BCUT2D eigenvalue weighted by molar-refractivity contribution is 0.0471. The van der Waals surface area contributed by atoms with E-state index >= 15 is 0 Å². The summed E-state index contributed by atoms with van der Waals surface area (Å²) in [5, 5.41) is 4.22. The van der Waals surface area contributed by atoms with Gasteiger partial charge in [-0.15, -0.1) is 22.7 Å². The molecule has 0 aliphatic heterocycles. The Labute approximate surface area is 147 Å². The first-order valence-electron chi connectivity index (χ1n) is 7.46. The molecular formula is C18H15NO3S2. The summed E-state index contributed by atoms with van der Waals surface area (Å²) < 4.78 is 5.06. The van der Waals surface area contributed by atoms with Crippen LogP contribution in [-0.4, -0.2) is 23.3 Å². The van der Waals surface area contributed by atoms with Gasteiger partial charge in [-0.25, -0.2) is 9.78 Å². The molecule has 0 spiro atoms. The zero-order chi connectivity index (χ0) is 16.9. The summed E-state index contributed by atoms with van der Waals surface area (Å²) in [4.78, 5) is 28.8. The molecule has 24 heavy (non-hydrogen) atoms. The minimum Gasteiger partial charge on any atom is -0.453 e. The van der Waals surface area contributed by atoms with E-state index in [2.05, 4.69) is 24.0 Å². The van der Waals surface area contributed by atoms with E-state index in [9.17, 15) is 9.59 Å². The van der Waals surface area contributed by atoms with E-state index in [4.69, 9.17) is 4.74 Å². The van der Waals surface area contributed by atoms with Crippen molar-refractivity contribution in [3.63, 3.8) is 0 Å². The third kappa shape index (κ3) is 3.77. The highest BCUT2D eigenvalue weighted by molar-refractivity contribution is 7.13. The summed E-state index contributed by atoms with van der Waals surface area (Å²) >= 11 is 2.71. The van der Waals surface area contributed by atoms with Gasteiger partial charge in [-0.05, 0) is 23.4 Å². The quantitative estimate of drug-likeness (QED) is 0.482. The maximum absolute atomic E-state index is 12.0. The van der Waals surface area contributed by atoms with Crippen LogP contribution in [0.5, 0.6) is 0 Å². The van der Waals surface area contributed by atoms with Crippen molar-refractivity contribution in [1.82, 2.24) is 4.98 Å². The number of carbonyl (C=O) groups is 2. The number of thiophene rings is 1. The Morgan fingerprint density at radius 2 is 1.92 bits per heavy atom. The maximum atomic E-state index is 12.0. The summed E-state index contributed by atoms with van der Waals surface area (Å²) in [5.41, 5.74) is 2.45. The number of aromatic nitrogens is 1. The number of esters is 1. The van der Waals surface area contributed by atoms with Gasteiger partial charge in [-0.3, -0.25) is 4.79 Å². The Bertz CT molecular complexity index is 836. The number of Topliss-reactive ketones (excluding diaryl/α,β-unsaturated/α-hetero) is 1. The predicted molar refractivity (Wildman–Crippen MR) is 95.9 cm³/mol. The monoisotopic (exact) mass is 357 g/mol. The number of hydrogen-bond acceptors (Lipinski definition) is 6. The highest BCUT2D eigenvalue weighted by atomic mass is 32.1. The molecule has 0 unspecified atom stereocenters. The highest BCUT2D eigenvalue weighted by Gasteiger charge is 2.16. The van der Waals surface area contributed by atoms with Crippen LogP contribution >= 0.6 is 22.7 Å². The summed E-state index contributed by atoms with van der Waals surface area (Å²) in [5.74, 6) is -0.781. The fourth-order valence-electron chi connectivity index (χ4n) is 2.10. The van der Waals surface area contributed by atoms with E-state index in [0.29, 0.717) is 4.88 Å². The van der Waals surface area contributed by atoms with Crippen LogP contribution in [0, 0.1) is 0 Å². The molecule has 6 heteroatoms. The third-order valence-corrected chi connectivity index (χ3v) is 5.26. The maximum Gasteiger partial charge on any atom is 0.358 e. The molecule has 0 amide bonds. The van der Waals surface area contributed by atoms with Crippen molar-refractivity contribution in [3.8, 4) is 10.6 Å². The smallest absolute Gasteiger partial charge is 0.358 e. The molecule has 0 bridgehead atoms. The van der Waals surface area contributed by atoms with Crippen molar-refractivity contribution in [3.05, 3.63) is 63.3 Å². The average Bonchev–Trinajstić information content (AvgIpc) is 3.31. The third-order valence-electron chi connectivity index (χ3n) is 3.45. The molecule has 0 saturated heterocycles. The molecule has 0 saturated carbocycles. The van der Waals surface area contributed by atoms with Gasteiger partial charge >= 0.3 is 5.97 Å². The summed E-state index contributed by atoms with van der Waals surface area (Å²) in [6.07, 6.45) is 0.980. The number of ether oxygens (including phenoxy) is 1. The Morgan fingerprint density at radius 3 is 2.58 bits per heavy atom. The van der Waals surface area contributed by atoms with Crippen molar-refractivity contribution in [2.75, 3.05) is 6.61 Å². The number of carbonyl (C=O) groups excluding carboxylic acids is 2. The first-order chi connectivity index (χ1) is 11.7. The number of benzene rings is 1. The lowest BCUT2D eigenvalue weighted by Crippen LogP contribution is -2.13. The Morgan fingerprint density at radius 1 is 1.12 bits per heavy atom. The van der Waals surface area contributed by atoms with Crippen molar-refractivity contribution >= 4 is 34.4 Å². The molecule has 0 radical (unpaired) electrons. The van der Waals surface area contributed by atoms with Gasteiger partial charge in [0.2, 0.25) is 5.78 Å². The van der Waals surface area contributed by atoms with E-state index in [1.807, 2.05) is 17.5 Å². The van der Waals surface area contributed by atoms with Crippen LogP contribution < -0.4 is 0 Å². The number of ketones is 1. The molecule has 3 aromatic rings. The number of rotatable bonds is 6. The fraction of sp³-hybridized carbons (Fsp3) is 0.167. The SMILES string of the molecule is CCc1ccc(-c2nc(C(=O)OCC(=O)c3cccs3)cs2)cc1. The zero-order valence-corrected chi connectivity index (χ0v) is 14.7. The molecule has 3 rings (SSSR count). The van der Waals surface area contributed by atoms with Gasteiger partial charge in [0.25, 0.3) is 0 Å². The van der Waals surface area contributed by atoms with Crippen LogP contribution in [0.4, 0.5) is 0 Å². The number of aryl methyl sites for hydroxylation is 1. The average molecular weight is 357 g/mol. The number of nitrogens with zero attached hydrogens (tertiary/aromatic N) is 1. The van der Waals surface area contributed by atoms with Gasteiger partial charge in [0.1, 0.15) is 5.01 Å². The van der Waals surface area contributed by atoms with Crippen LogP contribution in [0.25, 0.3) is 10.6 Å². The first-order valence-corrected chi connectivity index (χ1v) is 9.22. The zero-order valence-electron chi connectivity index (χ0n) is 13.0. The molecular weight excluding hydrogens is 342 g/mol. The molecule has 0 atom stereocenters. The van der Waals surface area contributed by atoms with Crippen LogP contribution in [0.3, 0.4) is 0 Å². The van der Waals surface area contributed by atoms with Gasteiger partial charge in [-0.1, -0.05) is 37.3 Å². The molecule has 0 aliphatic carbocycles. The van der Waals surface area contributed by atoms with Crippen molar-refractivity contribution < 1.29 is 14.3 Å². The Kier molecular flexibility index (Phi) is 5.17. The number of hydrogen-bond donors (Lipinski definition) is 0. The minimum atomic E-state index is -0.576. The second-order valence-corrected chi connectivity index (χ2v) is 6.87. The van der Waals surface area contributed by atoms with E-state index < -0.39 is 5.97 Å². The normalized spacial score (nSPS) is 10.5. The van der Waals surface area contributed by atoms with E-state index in [1.165, 1.54) is 28.2 Å². The second kappa shape index (κ2) is 7.51. The van der Waals surface area contributed by atoms with Gasteiger partial charge in [0.15, 0.2) is 12.3 Å². The van der Waals surface area contributed by atoms with Crippen molar-refractivity contribution in [1.29, 1.82) is 0 Å². The number of thiazole rings is 1. The largest absolute Gasteiger partial charge is 0.453 e. The van der Waals surface area contributed by atoms with Crippen LogP contribution in [-0.2, 0) is 11.2 Å². The molecule has 4 nitrogen and oxygen atoms in total. The second-order valence-electron chi connectivity index (χ2n) is 5.06. The lowest BCUT2D eigenvalue weighted by Gasteiger charge is -2.01. The summed E-state index contributed by atoms with van der Waals surface area (Å²) in [6.45, 7) is 1.83. The Hall–Kier alpha value is -2.31. The molecule has 0 N–H and O–H groups in total. The van der Waals surface area contributed by atoms with Crippen molar-refractivity contribution in [2.24, 2.45) is 0 Å². The van der Waals surface area contributed by atoms with E-state index in [0.717, 1.165) is 17.0 Å². The predicted octanol–water partition coefficient (Wildman–Crippen LogP) is 4.47. The van der Waals surface area contributed by atoms with Gasteiger partial charge in [0, 0.05) is 10.9 Å². The highest BCUT2D eigenvalue weighted by Crippen LogP contribution is 2.24. The van der Waals surface area contributed by atoms with Crippen LogP contribution in [0.2, 0.25) is 0 Å². The Balaban J connectivity index is 1.64. The van der Waals surface area contributed by atoms with Crippen LogP contribution in [0.15, 0.2) is 47.2 Å². The first kappa shape index (κ1) is 16.5. The standard InChI is InChI=1S/C18H15NO3S2/c1-2-12-5-7-13(8-6-12)17-19-14(11-24-17)18(21)22-10-15(20)16-4-3-9-23-16/h3-9,11H,2,10H2,1H3. The van der Waals surface area contributed by atoms with Gasteiger partial charge in [-0.2, -0.15) is 0 Å². The van der Waals surface area contributed by atoms with Gasteiger partial charge < -0.3 is 4.74 Å². The lowest BCUT2D eigenvalue weighted by atomic mass is 10.1. The summed E-state index contributed by atoms with van der Waals surface area (Å²) in [6, 6.07) is 11.6. The van der Waals surface area contributed by atoms with E-state index in [1.54, 1.807) is 17.5 Å². The molecule has 1 aromatic carbocycles. The van der Waals surface area contributed by atoms with Gasteiger partial charge in [0.05, 0.1) is 4.88 Å². The topological polar surface area (TPSA) is 56.3 Å². The molecule has 2 aromatic heterocycles. The minimum absolute atomic E-state index is 0.205. The van der Waals surface area contributed by atoms with E-state index in [-0.39, 0.29) is 18.1 Å². The molecule has 0 aliphatic rings. The fourth-order valence-corrected chi connectivity index (χ4v) is 3.54.